The number of amides is 2. The second-order valence-corrected chi connectivity index (χ2v) is 11.4. The van der Waals surface area contributed by atoms with E-state index in [1.54, 1.807) is 12.3 Å². The third kappa shape index (κ3) is 5.53. The fourth-order valence-electron chi connectivity index (χ4n) is 7.23. The molecule has 0 aromatic carbocycles. The van der Waals surface area contributed by atoms with Gasteiger partial charge in [0.1, 0.15) is 11.9 Å². The Balaban J connectivity index is 1.43. The smallest absolute Gasteiger partial charge is 0.407 e. The van der Waals surface area contributed by atoms with Gasteiger partial charge in [-0.2, -0.15) is 0 Å². The van der Waals surface area contributed by atoms with E-state index >= 15 is 0 Å². The fraction of sp³-hybridized carbons (Fsp3) is 0.778. The van der Waals surface area contributed by atoms with Gasteiger partial charge in [0.2, 0.25) is 5.91 Å². The van der Waals surface area contributed by atoms with E-state index < -0.39 is 23.7 Å². The summed E-state index contributed by atoms with van der Waals surface area (Å²) in [5.41, 5.74) is -0.989. The van der Waals surface area contributed by atoms with E-state index in [9.17, 15) is 19.8 Å². The SMILES string of the molecule is CC1(CO)C(OC(=O)NC2CCCCC2)CCC2(C)C(CC(=O)NCc3ccco3)C(O)CCC12. The number of ether oxygens (including phenoxy) is 1. The monoisotopic (exact) mass is 490 g/mol. The third-order valence-electron chi connectivity index (χ3n) is 9.30. The molecule has 2 amide bonds. The van der Waals surface area contributed by atoms with Gasteiger partial charge in [-0.25, -0.2) is 4.79 Å². The molecule has 6 atom stereocenters. The number of aliphatic hydroxyl groups excluding tert-OH is 2. The maximum Gasteiger partial charge on any atom is 0.407 e. The molecule has 1 heterocycles. The highest BCUT2D eigenvalue weighted by atomic mass is 16.6. The van der Waals surface area contributed by atoms with Crippen LogP contribution < -0.4 is 10.6 Å². The number of carbonyl (C=O) groups is 2. The Bertz CT molecular complexity index is 854. The molecule has 3 fully saturated rings. The van der Waals surface area contributed by atoms with Crippen LogP contribution in [-0.2, 0) is 16.1 Å². The maximum absolute atomic E-state index is 12.8. The summed E-state index contributed by atoms with van der Waals surface area (Å²) in [5, 5.41) is 27.5. The van der Waals surface area contributed by atoms with Crippen LogP contribution in [0.15, 0.2) is 22.8 Å². The van der Waals surface area contributed by atoms with Crippen molar-refractivity contribution in [2.24, 2.45) is 22.7 Å². The molecule has 0 aliphatic heterocycles. The minimum Gasteiger partial charge on any atom is -0.467 e. The summed E-state index contributed by atoms with van der Waals surface area (Å²) in [6.07, 6.45) is 8.45. The van der Waals surface area contributed by atoms with Gasteiger partial charge in [-0.05, 0) is 67.9 Å². The normalized spacial score (nSPS) is 35.7. The zero-order valence-corrected chi connectivity index (χ0v) is 21.1. The molecule has 0 saturated heterocycles. The highest BCUT2D eigenvalue weighted by Gasteiger charge is 2.60. The molecule has 8 nitrogen and oxygen atoms in total. The Morgan fingerprint density at radius 1 is 1.14 bits per heavy atom. The van der Waals surface area contributed by atoms with E-state index in [1.165, 1.54) is 6.42 Å². The summed E-state index contributed by atoms with van der Waals surface area (Å²) in [6, 6.07) is 3.76. The first-order valence-electron chi connectivity index (χ1n) is 13.3. The predicted molar refractivity (Wildman–Crippen MR) is 130 cm³/mol. The highest BCUT2D eigenvalue weighted by Crippen LogP contribution is 2.61. The van der Waals surface area contributed by atoms with Gasteiger partial charge >= 0.3 is 6.09 Å². The van der Waals surface area contributed by atoms with E-state index in [-0.39, 0.29) is 42.2 Å². The van der Waals surface area contributed by atoms with Crippen molar-refractivity contribution in [1.29, 1.82) is 0 Å². The Kier molecular flexibility index (Phi) is 8.11. The van der Waals surface area contributed by atoms with Crippen molar-refractivity contribution < 1.29 is 29.0 Å². The van der Waals surface area contributed by atoms with Crippen LogP contribution in [0.2, 0.25) is 0 Å². The van der Waals surface area contributed by atoms with Gasteiger partial charge in [-0.15, -0.1) is 0 Å². The van der Waals surface area contributed by atoms with Gasteiger partial charge in [0.25, 0.3) is 0 Å². The van der Waals surface area contributed by atoms with Crippen LogP contribution in [0.3, 0.4) is 0 Å². The van der Waals surface area contributed by atoms with Crippen LogP contribution in [0.4, 0.5) is 4.79 Å². The van der Waals surface area contributed by atoms with E-state index in [4.69, 9.17) is 9.15 Å². The molecule has 0 spiro atoms. The predicted octanol–water partition coefficient (Wildman–Crippen LogP) is 3.90. The Morgan fingerprint density at radius 3 is 2.60 bits per heavy atom. The molecule has 6 unspecified atom stereocenters. The Labute approximate surface area is 208 Å². The zero-order valence-electron chi connectivity index (χ0n) is 21.1. The van der Waals surface area contributed by atoms with Gasteiger partial charge in [-0.3, -0.25) is 4.79 Å². The van der Waals surface area contributed by atoms with Gasteiger partial charge < -0.3 is 30.0 Å². The number of carbonyl (C=O) groups excluding carboxylic acids is 2. The fourth-order valence-corrected chi connectivity index (χ4v) is 7.23. The van der Waals surface area contributed by atoms with Crippen molar-refractivity contribution in [3.8, 4) is 0 Å². The number of nitrogens with one attached hydrogen (secondary N) is 2. The first-order valence-corrected chi connectivity index (χ1v) is 13.3. The first kappa shape index (κ1) is 26.0. The van der Waals surface area contributed by atoms with Gasteiger partial charge in [0.15, 0.2) is 0 Å². The molecule has 3 saturated carbocycles. The molecular formula is C27H42N2O6. The number of fused-ring (bicyclic) bond motifs is 1. The largest absolute Gasteiger partial charge is 0.467 e. The van der Waals surface area contributed by atoms with Gasteiger partial charge in [0.05, 0.1) is 25.5 Å². The van der Waals surface area contributed by atoms with Crippen molar-refractivity contribution in [2.75, 3.05) is 6.61 Å². The third-order valence-corrected chi connectivity index (χ3v) is 9.30. The molecule has 0 bridgehead atoms. The van der Waals surface area contributed by atoms with Gasteiger partial charge in [-0.1, -0.05) is 33.1 Å². The minimum atomic E-state index is -0.639. The van der Waals surface area contributed by atoms with Crippen molar-refractivity contribution in [3.63, 3.8) is 0 Å². The van der Waals surface area contributed by atoms with Crippen LogP contribution in [-0.4, -0.2) is 47.1 Å². The lowest BCUT2D eigenvalue weighted by molar-refractivity contribution is -0.186. The number of hydrogen-bond acceptors (Lipinski definition) is 6. The van der Waals surface area contributed by atoms with Crippen LogP contribution in [0, 0.1) is 22.7 Å². The van der Waals surface area contributed by atoms with E-state index in [2.05, 4.69) is 17.6 Å². The van der Waals surface area contributed by atoms with Crippen molar-refractivity contribution >= 4 is 12.0 Å². The van der Waals surface area contributed by atoms with Crippen molar-refractivity contribution in [2.45, 2.75) is 103 Å². The second-order valence-electron chi connectivity index (χ2n) is 11.4. The molecule has 4 N–H and O–H groups in total. The summed E-state index contributed by atoms with van der Waals surface area (Å²) in [6.45, 7) is 4.34. The van der Waals surface area contributed by atoms with E-state index in [0.29, 0.717) is 25.1 Å². The lowest BCUT2D eigenvalue weighted by Gasteiger charge is -2.60. The topological polar surface area (TPSA) is 121 Å². The standard InChI is InChI=1S/C27H42N2O6/c1-26-13-12-23(35-25(33)29-18-7-4-3-5-8-18)27(2,17-30)22(26)11-10-21(31)20(26)15-24(32)28-16-19-9-6-14-34-19/h6,9,14,18,20-23,30-31H,3-5,7-8,10-13,15-17H2,1-2H3,(H,28,32)(H,29,33). The Morgan fingerprint density at radius 2 is 1.91 bits per heavy atom. The molecule has 35 heavy (non-hydrogen) atoms. The second kappa shape index (κ2) is 10.9. The minimum absolute atomic E-state index is 0.0208. The average Bonchev–Trinajstić information content (AvgIpc) is 3.36. The van der Waals surface area contributed by atoms with Crippen molar-refractivity contribution in [1.82, 2.24) is 10.6 Å². The molecule has 0 radical (unpaired) electrons. The van der Waals surface area contributed by atoms with E-state index in [1.807, 2.05) is 13.0 Å². The summed E-state index contributed by atoms with van der Waals surface area (Å²) >= 11 is 0. The average molecular weight is 491 g/mol. The summed E-state index contributed by atoms with van der Waals surface area (Å²) < 4.78 is 11.3. The van der Waals surface area contributed by atoms with Crippen LogP contribution in [0.25, 0.3) is 0 Å². The van der Waals surface area contributed by atoms with Crippen LogP contribution >= 0.6 is 0 Å². The van der Waals surface area contributed by atoms with Crippen molar-refractivity contribution in [3.05, 3.63) is 24.2 Å². The molecule has 1 aromatic rings. The summed E-state index contributed by atoms with van der Waals surface area (Å²) in [7, 11) is 0. The molecule has 4 rings (SSSR count). The molecular weight excluding hydrogens is 448 g/mol. The van der Waals surface area contributed by atoms with E-state index in [0.717, 1.165) is 38.5 Å². The quantitative estimate of drug-likeness (QED) is 0.460. The first-order chi connectivity index (χ1) is 16.8. The number of rotatable bonds is 7. The number of hydrogen-bond donors (Lipinski definition) is 4. The van der Waals surface area contributed by atoms with Crippen LogP contribution in [0.5, 0.6) is 0 Å². The lowest BCUT2D eigenvalue weighted by Crippen LogP contribution is -2.61. The molecule has 8 heteroatoms. The molecule has 3 aliphatic carbocycles. The number of aliphatic hydroxyl groups is 2. The molecule has 196 valence electrons. The zero-order chi connectivity index (χ0) is 25.1. The Hall–Kier alpha value is -2.06. The maximum atomic E-state index is 12.8. The lowest BCUT2D eigenvalue weighted by atomic mass is 9.46. The number of furan rings is 1. The molecule has 1 aromatic heterocycles. The summed E-state index contributed by atoms with van der Waals surface area (Å²) in [5.74, 6) is 0.347. The molecule has 3 aliphatic rings. The number of alkyl carbamates (subject to hydrolysis) is 1. The van der Waals surface area contributed by atoms with Crippen LogP contribution in [0.1, 0.15) is 83.8 Å². The van der Waals surface area contributed by atoms with Gasteiger partial charge in [0, 0.05) is 17.9 Å². The highest BCUT2D eigenvalue weighted by molar-refractivity contribution is 5.76. The summed E-state index contributed by atoms with van der Waals surface area (Å²) in [4.78, 5) is 25.5.